The van der Waals surface area contributed by atoms with E-state index in [1.54, 1.807) is 24.2 Å². The van der Waals surface area contributed by atoms with Gasteiger partial charge in [0.25, 0.3) is 11.1 Å². The molecule has 2 aliphatic heterocycles. The zero-order chi connectivity index (χ0) is 23.3. The van der Waals surface area contributed by atoms with Crippen LogP contribution in [-0.4, -0.2) is 59.7 Å². The molecule has 2 heterocycles. The number of nitrogens with zero attached hydrogens (tertiary/aromatic N) is 2. The fraction of sp³-hybridized carbons (Fsp3) is 0.522. The Balaban J connectivity index is 1.76. The van der Waals surface area contributed by atoms with Crippen molar-refractivity contribution < 1.29 is 23.9 Å². The van der Waals surface area contributed by atoms with Crippen LogP contribution in [0, 0.1) is 0 Å². The molecule has 7 nitrogen and oxygen atoms in total. The topological polar surface area (TPSA) is 76.2 Å². The van der Waals surface area contributed by atoms with E-state index in [0.29, 0.717) is 34.6 Å². The minimum atomic E-state index is -0.446. The van der Waals surface area contributed by atoms with Crippen molar-refractivity contribution in [2.45, 2.75) is 52.1 Å². The van der Waals surface area contributed by atoms with Crippen LogP contribution in [0.3, 0.4) is 0 Å². The zero-order valence-corrected chi connectivity index (χ0v) is 21.1. The number of halogens is 1. The van der Waals surface area contributed by atoms with Crippen LogP contribution in [0.2, 0.25) is 0 Å². The molecule has 2 fully saturated rings. The lowest BCUT2D eigenvalue weighted by Crippen LogP contribution is -2.42. The first-order chi connectivity index (χ1) is 15.3. The van der Waals surface area contributed by atoms with Crippen LogP contribution in [0.4, 0.5) is 4.79 Å². The summed E-state index contributed by atoms with van der Waals surface area (Å²) in [5.41, 5.74) is 0.689. The normalized spacial score (nSPS) is 19.3. The van der Waals surface area contributed by atoms with E-state index in [2.05, 4.69) is 15.9 Å². The molecule has 0 bridgehead atoms. The van der Waals surface area contributed by atoms with Gasteiger partial charge in [0.05, 0.1) is 22.6 Å². The molecule has 1 unspecified atom stereocenters. The monoisotopic (exact) mass is 524 g/mol. The first-order valence-electron chi connectivity index (χ1n) is 10.9. The maximum atomic E-state index is 12.9. The fourth-order valence-electron chi connectivity index (χ4n) is 3.57. The minimum Gasteiger partial charge on any atom is -0.493 e. The molecule has 32 heavy (non-hydrogen) atoms. The standard InChI is InChI=1S/C23H29BrN2O5S/c1-4-15(2)31-21-17(24)11-16(12-18(21)30-3)13-19-22(28)26(23(29)32-19)14-20(27)25-9-7-5-6-8-10-25/h11-13,15H,4-10,14H2,1-3H3. The number of hydrogen-bond donors (Lipinski definition) is 0. The summed E-state index contributed by atoms with van der Waals surface area (Å²) in [4.78, 5) is 41.1. The van der Waals surface area contributed by atoms with Crippen molar-refractivity contribution in [1.82, 2.24) is 9.80 Å². The van der Waals surface area contributed by atoms with E-state index in [1.165, 1.54) is 0 Å². The Morgan fingerprint density at radius 2 is 1.91 bits per heavy atom. The van der Waals surface area contributed by atoms with Gasteiger partial charge in [-0.3, -0.25) is 19.3 Å². The number of carbonyl (C=O) groups is 3. The molecule has 3 rings (SSSR count). The molecule has 0 spiro atoms. The number of hydrogen-bond acceptors (Lipinski definition) is 6. The lowest BCUT2D eigenvalue weighted by Gasteiger charge is -2.22. The average molecular weight is 525 g/mol. The van der Waals surface area contributed by atoms with Crippen molar-refractivity contribution in [1.29, 1.82) is 0 Å². The average Bonchev–Trinajstić information content (AvgIpc) is 2.97. The van der Waals surface area contributed by atoms with Gasteiger partial charge in [0.1, 0.15) is 6.54 Å². The number of amides is 3. The highest BCUT2D eigenvalue weighted by Crippen LogP contribution is 2.39. The summed E-state index contributed by atoms with van der Waals surface area (Å²) in [6.45, 7) is 5.17. The number of carbonyl (C=O) groups excluding carboxylic acids is 3. The maximum Gasteiger partial charge on any atom is 0.294 e. The quantitative estimate of drug-likeness (QED) is 0.463. The van der Waals surface area contributed by atoms with Gasteiger partial charge in [-0.15, -0.1) is 0 Å². The minimum absolute atomic E-state index is 0.0179. The van der Waals surface area contributed by atoms with Crippen LogP contribution in [-0.2, 0) is 9.59 Å². The van der Waals surface area contributed by atoms with Crippen molar-refractivity contribution in [3.05, 3.63) is 27.1 Å². The SMILES string of the molecule is CCC(C)Oc1c(Br)cc(C=C2SC(=O)N(CC(=O)N3CCCCCC3)C2=O)cc1OC. The molecular weight excluding hydrogens is 496 g/mol. The van der Waals surface area contributed by atoms with Gasteiger partial charge in [0.2, 0.25) is 5.91 Å². The zero-order valence-electron chi connectivity index (χ0n) is 18.7. The van der Waals surface area contributed by atoms with E-state index < -0.39 is 11.1 Å². The van der Waals surface area contributed by atoms with E-state index >= 15 is 0 Å². The van der Waals surface area contributed by atoms with Crippen molar-refractivity contribution in [2.75, 3.05) is 26.7 Å². The number of likely N-dealkylation sites (tertiary alicyclic amines) is 1. The number of thioether (sulfide) groups is 1. The summed E-state index contributed by atoms with van der Waals surface area (Å²) >= 11 is 4.36. The van der Waals surface area contributed by atoms with Gasteiger partial charge in [0, 0.05) is 13.1 Å². The largest absolute Gasteiger partial charge is 0.493 e. The smallest absolute Gasteiger partial charge is 0.294 e. The molecule has 9 heteroatoms. The van der Waals surface area contributed by atoms with Gasteiger partial charge in [-0.2, -0.15) is 0 Å². The molecule has 2 aliphatic rings. The summed E-state index contributed by atoms with van der Waals surface area (Å²) in [6, 6.07) is 3.58. The summed E-state index contributed by atoms with van der Waals surface area (Å²) < 4.78 is 12.1. The molecule has 0 saturated carbocycles. The van der Waals surface area contributed by atoms with Crippen LogP contribution >= 0.6 is 27.7 Å². The van der Waals surface area contributed by atoms with Crippen LogP contribution in [0.15, 0.2) is 21.5 Å². The van der Waals surface area contributed by atoms with Gasteiger partial charge >= 0.3 is 0 Å². The van der Waals surface area contributed by atoms with Crippen molar-refractivity contribution >= 4 is 50.8 Å². The lowest BCUT2D eigenvalue weighted by atomic mass is 10.1. The first-order valence-corrected chi connectivity index (χ1v) is 12.5. The summed E-state index contributed by atoms with van der Waals surface area (Å²) in [5.74, 6) is 0.501. The Morgan fingerprint density at radius 3 is 2.53 bits per heavy atom. The van der Waals surface area contributed by atoms with E-state index in [0.717, 1.165) is 48.8 Å². The van der Waals surface area contributed by atoms with E-state index in [-0.39, 0.29) is 23.5 Å². The van der Waals surface area contributed by atoms with Crippen molar-refractivity contribution in [3.63, 3.8) is 0 Å². The predicted molar refractivity (Wildman–Crippen MR) is 129 cm³/mol. The highest BCUT2D eigenvalue weighted by molar-refractivity contribution is 9.10. The van der Waals surface area contributed by atoms with Crippen LogP contribution < -0.4 is 9.47 Å². The number of methoxy groups -OCH3 is 1. The second-order valence-electron chi connectivity index (χ2n) is 7.93. The molecule has 0 aromatic heterocycles. The molecule has 3 amide bonds. The Morgan fingerprint density at radius 1 is 1.22 bits per heavy atom. The van der Waals surface area contributed by atoms with Crippen molar-refractivity contribution in [3.8, 4) is 11.5 Å². The van der Waals surface area contributed by atoms with Crippen LogP contribution in [0.1, 0.15) is 51.5 Å². The van der Waals surface area contributed by atoms with Gasteiger partial charge in [0.15, 0.2) is 11.5 Å². The van der Waals surface area contributed by atoms with Gasteiger partial charge in [-0.1, -0.05) is 19.8 Å². The first kappa shape index (κ1) is 24.6. The van der Waals surface area contributed by atoms with Crippen molar-refractivity contribution in [2.24, 2.45) is 0 Å². The second kappa shape index (κ2) is 11.2. The summed E-state index contributed by atoms with van der Waals surface area (Å²) in [6.07, 6.45) is 6.64. The molecular formula is C23H29BrN2O5S. The highest BCUT2D eigenvalue weighted by atomic mass is 79.9. The number of imide groups is 1. The summed E-state index contributed by atoms with van der Waals surface area (Å²) in [5, 5.41) is -0.424. The van der Waals surface area contributed by atoms with E-state index in [1.807, 2.05) is 19.9 Å². The molecule has 1 aromatic rings. The molecule has 0 N–H and O–H groups in total. The van der Waals surface area contributed by atoms with E-state index in [4.69, 9.17) is 9.47 Å². The number of ether oxygens (including phenoxy) is 2. The second-order valence-corrected chi connectivity index (χ2v) is 9.78. The molecule has 0 aliphatic carbocycles. The Kier molecular flexibility index (Phi) is 8.64. The Labute approximate surface area is 201 Å². The Bertz CT molecular complexity index is 912. The third-order valence-corrected chi connectivity index (χ3v) is 7.07. The van der Waals surface area contributed by atoms with Gasteiger partial charge in [-0.25, -0.2) is 0 Å². The lowest BCUT2D eigenvalue weighted by molar-refractivity contribution is -0.135. The third kappa shape index (κ3) is 5.86. The third-order valence-electron chi connectivity index (χ3n) is 5.57. The maximum absolute atomic E-state index is 12.9. The molecule has 1 aromatic carbocycles. The highest BCUT2D eigenvalue weighted by Gasteiger charge is 2.37. The van der Waals surface area contributed by atoms with Gasteiger partial charge < -0.3 is 14.4 Å². The van der Waals surface area contributed by atoms with E-state index in [9.17, 15) is 14.4 Å². The fourth-order valence-corrected chi connectivity index (χ4v) is 4.96. The van der Waals surface area contributed by atoms with Gasteiger partial charge in [-0.05, 0) is 77.7 Å². The number of benzene rings is 1. The Hall–Kier alpha value is -2.00. The summed E-state index contributed by atoms with van der Waals surface area (Å²) in [7, 11) is 1.55. The molecule has 2 saturated heterocycles. The number of rotatable bonds is 7. The molecule has 1 atom stereocenters. The van der Waals surface area contributed by atoms with Crippen LogP contribution in [0.5, 0.6) is 11.5 Å². The van der Waals surface area contributed by atoms with Crippen LogP contribution in [0.25, 0.3) is 6.08 Å². The predicted octanol–water partition coefficient (Wildman–Crippen LogP) is 5.07. The molecule has 0 radical (unpaired) electrons. The molecule has 174 valence electrons.